The van der Waals surface area contributed by atoms with Gasteiger partial charge >= 0.3 is 5.97 Å². The first-order valence-electron chi connectivity index (χ1n) is 9.18. The van der Waals surface area contributed by atoms with Crippen LogP contribution in [0.25, 0.3) is 17.1 Å². The van der Waals surface area contributed by atoms with E-state index in [1.165, 1.54) is 6.07 Å². The molecule has 4 rings (SSSR count). The molecule has 3 heterocycles. The summed E-state index contributed by atoms with van der Waals surface area (Å²) in [5, 5.41) is 20.3. The number of pyridine rings is 1. The SMILES string of the molecule is O=C(O)c1cccc(-c2cn(-c3ccccc3CNC(=O)C3CCOC3)nn2)n1. The summed E-state index contributed by atoms with van der Waals surface area (Å²) in [6, 6.07) is 12.3. The topological polar surface area (TPSA) is 119 Å². The molecule has 1 amide bonds. The largest absolute Gasteiger partial charge is 0.477 e. The van der Waals surface area contributed by atoms with Crippen LogP contribution in [0.1, 0.15) is 22.5 Å². The molecule has 2 N–H and O–H groups in total. The first-order chi connectivity index (χ1) is 14.1. The molecule has 1 atom stereocenters. The van der Waals surface area contributed by atoms with Crippen LogP contribution in [0.4, 0.5) is 0 Å². The number of carboxylic acids is 1. The third-order valence-corrected chi connectivity index (χ3v) is 4.72. The van der Waals surface area contributed by atoms with E-state index in [0.717, 1.165) is 17.7 Å². The molecule has 0 aliphatic carbocycles. The fourth-order valence-corrected chi connectivity index (χ4v) is 3.15. The smallest absolute Gasteiger partial charge is 0.354 e. The van der Waals surface area contributed by atoms with Gasteiger partial charge in [0.15, 0.2) is 0 Å². The van der Waals surface area contributed by atoms with E-state index in [1.54, 1.807) is 23.0 Å². The molecule has 1 aromatic carbocycles. The molecule has 29 heavy (non-hydrogen) atoms. The minimum Gasteiger partial charge on any atom is -0.477 e. The first kappa shape index (κ1) is 18.8. The lowest BCUT2D eigenvalue weighted by atomic mass is 10.1. The van der Waals surface area contributed by atoms with Crippen molar-refractivity contribution in [3.8, 4) is 17.1 Å². The van der Waals surface area contributed by atoms with Crippen LogP contribution in [0.2, 0.25) is 0 Å². The number of ether oxygens (including phenoxy) is 1. The number of carbonyl (C=O) groups is 2. The lowest BCUT2D eigenvalue weighted by Gasteiger charge is -2.12. The van der Waals surface area contributed by atoms with Crippen molar-refractivity contribution in [3.05, 3.63) is 59.9 Å². The molecule has 1 saturated heterocycles. The number of benzene rings is 1. The van der Waals surface area contributed by atoms with Gasteiger partial charge in [-0.1, -0.05) is 29.5 Å². The zero-order chi connectivity index (χ0) is 20.2. The van der Waals surface area contributed by atoms with Crippen molar-refractivity contribution in [2.45, 2.75) is 13.0 Å². The van der Waals surface area contributed by atoms with Crippen LogP contribution in [0.15, 0.2) is 48.7 Å². The number of nitrogens with one attached hydrogen (secondary N) is 1. The van der Waals surface area contributed by atoms with Gasteiger partial charge in [0, 0.05) is 13.2 Å². The second-order valence-electron chi connectivity index (χ2n) is 6.67. The molecule has 1 aliphatic heterocycles. The molecule has 0 radical (unpaired) electrons. The van der Waals surface area contributed by atoms with Gasteiger partial charge in [0.05, 0.1) is 30.1 Å². The average molecular weight is 393 g/mol. The van der Waals surface area contributed by atoms with Gasteiger partial charge in [-0.3, -0.25) is 4.79 Å². The Bertz CT molecular complexity index is 1040. The maximum atomic E-state index is 12.3. The Hall–Kier alpha value is -3.59. The number of para-hydroxylation sites is 1. The lowest BCUT2D eigenvalue weighted by molar-refractivity contribution is -0.125. The number of rotatable bonds is 6. The standard InChI is InChI=1S/C20H19N5O4/c26-19(14-8-9-29-12-14)21-10-13-4-1-2-7-18(13)25-11-17(23-24-25)15-5-3-6-16(22-15)20(27)28/h1-7,11,14H,8-10,12H2,(H,21,26)(H,27,28). The van der Waals surface area contributed by atoms with E-state index >= 15 is 0 Å². The summed E-state index contributed by atoms with van der Waals surface area (Å²) in [5.74, 6) is -1.23. The molecular formula is C20H19N5O4. The number of carboxylic acid groups (broad SMARTS) is 1. The lowest BCUT2D eigenvalue weighted by Crippen LogP contribution is -2.30. The van der Waals surface area contributed by atoms with Crippen molar-refractivity contribution in [1.29, 1.82) is 0 Å². The highest BCUT2D eigenvalue weighted by Gasteiger charge is 2.23. The summed E-state index contributed by atoms with van der Waals surface area (Å²) in [7, 11) is 0. The third-order valence-electron chi connectivity index (χ3n) is 4.72. The summed E-state index contributed by atoms with van der Waals surface area (Å²) in [6.45, 7) is 1.43. The van der Waals surface area contributed by atoms with Crippen molar-refractivity contribution in [2.75, 3.05) is 13.2 Å². The molecule has 0 saturated carbocycles. The van der Waals surface area contributed by atoms with Crippen LogP contribution in [-0.4, -0.2) is 50.2 Å². The summed E-state index contributed by atoms with van der Waals surface area (Å²) in [5.41, 5.74) is 2.46. The Kier molecular flexibility index (Phi) is 5.30. The monoisotopic (exact) mass is 393 g/mol. The van der Waals surface area contributed by atoms with Gasteiger partial charge in [-0.15, -0.1) is 5.10 Å². The maximum Gasteiger partial charge on any atom is 0.354 e. The molecule has 3 aromatic rings. The normalized spacial score (nSPS) is 15.9. The Morgan fingerprint density at radius 3 is 2.83 bits per heavy atom. The van der Waals surface area contributed by atoms with Crippen LogP contribution < -0.4 is 5.32 Å². The van der Waals surface area contributed by atoms with Gasteiger partial charge in [0.1, 0.15) is 11.4 Å². The number of amides is 1. The summed E-state index contributed by atoms with van der Waals surface area (Å²) < 4.78 is 6.85. The van der Waals surface area contributed by atoms with Gasteiger partial charge in [-0.05, 0) is 30.2 Å². The zero-order valence-corrected chi connectivity index (χ0v) is 15.5. The predicted molar refractivity (Wildman–Crippen MR) is 102 cm³/mol. The molecular weight excluding hydrogens is 374 g/mol. The molecule has 1 fully saturated rings. The predicted octanol–water partition coefficient (Wildman–Crippen LogP) is 1.68. The van der Waals surface area contributed by atoms with E-state index in [-0.39, 0.29) is 17.5 Å². The van der Waals surface area contributed by atoms with Crippen molar-refractivity contribution in [2.24, 2.45) is 5.92 Å². The zero-order valence-electron chi connectivity index (χ0n) is 15.5. The van der Waals surface area contributed by atoms with E-state index in [0.29, 0.717) is 31.1 Å². The maximum absolute atomic E-state index is 12.3. The van der Waals surface area contributed by atoms with Crippen molar-refractivity contribution in [3.63, 3.8) is 0 Å². The fraction of sp³-hybridized carbons (Fsp3) is 0.250. The third kappa shape index (κ3) is 4.14. The van der Waals surface area contributed by atoms with Crippen LogP contribution >= 0.6 is 0 Å². The van der Waals surface area contributed by atoms with Crippen molar-refractivity contribution < 1.29 is 19.4 Å². The second-order valence-corrected chi connectivity index (χ2v) is 6.67. The van der Waals surface area contributed by atoms with Gasteiger partial charge in [0.25, 0.3) is 0 Å². The molecule has 0 bridgehead atoms. The quantitative estimate of drug-likeness (QED) is 0.654. The van der Waals surface area contributed by atoms with Crippen molar-refractivity contribution in [1.82, 2.24) is 25.3 Å². The van der Waals surface area contributed by atoms with E-state index < -0.39 is 5.97 Å². The highest BCUT2D eigenvalue weighted by molar-refractivity contribution is 5.86. The number of aromatic carboxylic acids is 1. The second kappa shape index (κ2) is 8.19. The molecule has 9 heteroatoms. The van der Waals surface area contributed by atoms with E-state index in [4.69, 9.17) is 9.84 Å². The fourth-order valence-electron chi connectivity index (χ4n) is 3.15. The first-order valence-corrected chi connectivity index (χ1v) is 9.18. The molecule has 2 aromatic heterocycles. The van der Waals surface area contributed by atoms with Gasteiger partial charge in [0.2, 0.25) is 5.91 Å². The summed E-state index contributed by atoms with van der Waals surface area (Å²) >= 11 is 0. The van der Waals surface area contributed by atoms with Crippen LogP contribution in [0, 0.1) is 5.92 Å². The van der Waals surface area contributed by atoms with Gasteiger partial charge < -0.3 is 15.2 Å². The number of carbonyl (C=O) groups excluding carboxylic acids is 1. The van der Waals surface area contributed by atoms with Crippen molar-refractivity contribution >= 4 is 11.9 Å². The van der Waals surface area contributed by atoms with E-state index in [2.05, 4.69) is 20.6 Å². The molecule has 148 valence electrons. The van der Waals surface area contributed by atoms with E-state index in [9.17, 15) is 9.59 Å². The highest BCUT2D eigenvalue weighted by atomic mass is 16.5. The minimum atomic E-state index is -1.10. The minimum absolute atomic E-state index is 0.0220. The van der Waals surface area contributed by atoms with Crippen LogP contribution in [0.5, 0.6) is 0 Å². The van der Waals surface area contributed by atoms with Crippen LogP contribution in [0.3, 0.4) is 0 Å². The number of nitrogens with zero attached hydrogens (tertiary/aromatic N) is 4. The van der Waals surface area contributed by atoms with Gasteiger partial charge in [-0.25, -0.2) is 14.5 Å². The molecule has 1 aliphatic rings. The summed E-state index contributed by atoms with van der Waals surface area (Å²) in [6.07, 6.45) is 2.42. The Labute approximate surface area is 166 Å². The number of hydrogen-bond acceptors (Lipinski definition) is 6. The van der Waals surface area contributed by atoms with Crippen LogP contribution in [-0.2, 0) is 16.1 Å². The molecule has 0 spiro atoms. The Morgan fingerprint density at radius 2 is 2.03 bits per heavy atom. The Balaban J connectivity index is 1.54. The Morgan fingerprint density at radius 1 is 1.17 bits per heavy atom. The number of aromatic nitrogens is 4. The molecule has 1 unspecified atom stereocenters. The van der Waals surface area contributed by atoms with Gasteiger partial charge in [-0.2, -0.15) is 0 Å². The summed E-state index contributed by atoms with van der Waals surface area (Å²) in [4.78, 5) is 27.5. The van der Waals surface area contributed by atoms with E-state index in [1.807, 2.05) is 24.3 Å². The average Bonchev–Trinajstić information content (AvgIpc) is 3.44. The highest BCUT2D eigenvalue weighted by Crippen LogP contribution is 2.19. The molecule has 9 nitrogen and oxygen atoms in total. The number of hydrogen-bond donors (Lipinski definition) is 2.